The number of halogens is 1. The Hall–Kier alpha value is -4.05. The Balaban J connectivity index is 1.76. The second-order valence-corrected chi connectivity index (χ2v) is 7.01. The molecule has 0 N–H and O–H groups in total. The summed E-state index contributed by atoms with van der Waals surface area (Å²) in [6, 6.07) is 27.6. The van der Waals surface area contributed by atoms with E-state index in [9.17, 15) is 9.18 Å². The van der Waals surface area contributed by atoms with Crippen LogP contribution in [0.5, 0.6) is 0 Å². The van der Waals surface area contributed by atoms with E-state index in [2.05, 4.69) is 0 Å². The van der Waals surface area contributed by atoms with Gasteiger partial charge in [-0.15, -0.1) is 0 Å². The summed E-state index contributed by atoms with van der Waals surface area (Å²) in [7, 11) is 0. The maximum Gasteiger partial charge on any atom is 0.266 e. The van der Waals surface area contributed by atoms with E-state index in [1.54, 1.807) is 41.0 Å². The molecule has 0 fully saturated rings. The number of hydrogen-bond donors (Lipinski definition) is 0. The fourth-order valence-electron chi connectivity index (χ4n) is 3.60. The molecule has 0 unspecified atom stereocenters. The topological polar surface area (TPSA) is 34.9 Å². The minimum Gasteiger partial charge on any atom is -0.268 e. The van der Waals surface area contributed by atoms with Gasteiger partial charge in [-0.05, 0) is 53.3 Å². The maximum absolute atomic E-state index is 14.1. The van der Waals surface area contributed by atoms with Gasteiger partial charge in [0.1, 0.15) is 11.6 Å². The lowest BCUT2D eigenvalue weighted by Crippen LogP contribution is -2.22. The predicted octanol–water partition coefficient (Wildman–Crippen LogP) is 5.85. The highest BCUT2D eigenvalue weighted by atomic mass is 19.1. The summed E-state index contributed by atoms with van der Waals surface area (Å²) in [4.78, 5) is 18.1. The first-order valence-corrected chi connectivity index (χ1v) is 9.64. The molecule has 0 aliphatic carbocycles. The van der Waals surface area contributed by atoms with Crippen LogP contribution in [0.15, 0.2) is 95.8 Å². The Morgan fingerprint density at radius 2 is 1.50 bits per heavy atom. The van der Waals surface area contributed by atoms with Crippen molar-refractivity contribution in [1.29, 1.82) is 0 Å². The molecule has 5 rings (SSSR count). The average Bonchev–Trinajstić information content (AvgIpc) is 2.78. The summed E-state index contributed by atoms with van der Waals surface area (Å²) >= 11 is 0. The van der Waals surface area contributed by atoms with Crippen molar-refractivity contribution in [2.75, 3.05) is 0 Å². The molecule has 0 saturated heterocycles. The van der Waals surface area contributed by atoms with Gasteiger partial charge in [0, 0.05) is 5.56 Å². The van der Waals surface area contributed by atoms with Gasteiger partial charge in [0.05, 0.1) is 16.6 Å². The largest absolute Gasteiger partial charge is 0.268 e. The molecule has 0 saturated carbocycles. The molecule has 1 aromatic heterocycles. The molecular weight excluding hydrogens is 375 g/mol. The number of rotatable bonds is 3. The van der Waals surface area contributed by atoms with E-state index in [0.29, 0.717) is 28.0 Å². The quantitative estimate of drug-likeness (QED) is 0.386. The van der Waals surface area contributed by atoms with E-state index in [-0.39, 0.29) is 11.4 Å². The van der Waals surface area contributed by atoms with Crippen molar-refractivity contribution >= 4 is 33.8 Å². The minimum atomic E-state index is -0.325. The predicted molar refractivity (Wildman–Crippen MR) is 120 cm³/mol. The van der Waals surface area contributed by atoms with Crippen LogP contribution >= 0.6 is 0 Å². The van der Waals surface area contributed by atoms with Crippen LogP contribution < -0.4 is 5.56 Å². The second kappa shape index (κ2) is 7.41. The molecule has 0 radical (unpaired) electrons. The van der Waals surface area contributed by atoms with Crippen LogP contribution in [0.4, 0.5) is 4.39 Å². The zero-order valence-electron chi connectivity index (χ0n) is 16.0. The Kier molecular flexibility index (Phi) is 4.45. The fraction of sp³-hybridized carbons (Fsp3) is 0. The van der Waals surface area contributed by atoms with Gasteiger partial charge in [-0.3, -0.25) is 9.36 Å². The lowest BCUT2D eigenvalue weighted by molar-refractivity contribution is 0.625. The highest BCUT2D eigenvalue weighted by Crippen LogP contribution is 2.21. The van der Waals surface area contributed by atoms with Gasteiger partial charge in [-0.2, -0.15) is 0 Å². The molecule has 5 aromatic rings. The van der Waals surface area contributed by atoms with Gasteiger partial charge in [0.25, 0.3) is 5.56 Å². The van der Waals surface area contributed by atoms with Gasteiger partial charge in [-0.25, -0.2) is 9.37 Å². The van der Waals surface area contributed by atoms with Crippen LogP contribution in [-0.2, 0) is 0 Å². The Labute approximate surface area is 172 Å². The second-order valence-electron chi connectivity index (χ2n) is 7.01. The van der Waals surface area contributed by atoms with Gasteiger partial charge >= 0.3 is 0 Å². The van der Waals surface area contributed by atoms with E-state index in [1.165, 1.54) is 6.07 Å². The smallest absolute Gasteiger partial charge is 0.266 e. The highest BCUT2D eigenvalue weighted by Gasteiger charge is 2.11. The zero-order chi connectivity index (χ0) is 20.5. The number of aromatic nitrogens is 2. The summed E-state index contributed by atoms with van der Waals surface area (Å²) in [5, 5.41) is 2.65. The van der Waals surface area contributed by atoms with E-state index < -0.39 is 0 Å². The van der Waals surface area contributed by atoms with E-state index >= 15 is 0 Å². The molecule has 0 atom stereocenters. The summed E-state index contributed by atoms with van der Waals surface area (Å²) < 4.78 is 15.7. The molecule has 3 nitrogen and oxygen atoms in total. The van der Waals surface area contributed by atoms with Crippen LogP contribution in [-0.4, -0.2) is 9.55 Å². The summed E-state index contributed by atoms with van der Waals surface area (Å²) in [5.41, 5.74) is 1.59. The third-order valence-corrected chi connectivity index (χ3v) is 5.11. The molecule has 30 heavy (non-hydrogen) atoms. The lowest BCUT2D eigenvalue weighted by atomic mass is 10.1. The van der Waals surface area contributed by atoms with Gasteiger partial charge in [0.15, 0.2) is 0 Å². The number of nitrogens with zero attached hydrogens (tertiary/aromatic N) is 2. The van der Waals surface area contributed by atoms with Gasteiger partial charge < -0.3 is 0 Å². The highest BCUT2D eigenvalue weighted by molar-refractivity contribution is 5.85. The van der Waals surface area contributed by atoms with Crippen molar-refractivity contribution in [3.63, 3.8) is 0 Å². The number of fused-ring (bicyclic) bond motifs is 2. The fourth-order valence-corrected chi connectivity index (χ4v) is 3.60. The Morgan fingerprint density at radius 1 is 0.767 bits per heavy atom. The van der Waals surface area contributed by atoms with Crippen LogP contribution in [0.3, 0.4) is 0 Å². The molecule has 4 heteroatoms. The third-order valence-electron chi connectivity index (χ3n) is 5.11. The summed E-state index contributed by atoms with van der Waals surface area (Å²) in [6.07, 6.45) is 3.32. The Bertz CT molecular complexity index is 1480. The molecule has 0 bridgehead atoms. The number of benzene rings is 4. The van der Waals surface area contributed by atoms with Crippen molar-refractivity contribution < 1.29 is 4.39 Å². The SMILES string of the molecule is O=c1c2ccccc2nc(C=Cc2ccccc2F)n1-c1ccc2ccccc2c1. The zero-order valence-corrected chi connectivity index (χ0v) is 16.0. The molecule has 0 aliphatic heterocycles. The van der Waals surface area contributed by atoms with Crippen LogP contribution in [0, 0.1) is 5.82 Å². The number of hydrogen-bond acceptors (Lipinski definition) is 2. The molecule has 0 aliphatic rings. The van der Waals surface area contributed by atoms with Gasteiger partial charge in [-0.1, -0.05) is 60.7 Å². The monoisotopic (exact) mass is 392 g/mol. The molecule has 144 valence electrons. The van der Waals surface area contributed by atoms with E-state index in [1.807, 2.05) is 60.7 Å². The van der Waals surface area contributed by atoms with Crippen LogP contribution in [0.2, 0.25) is 0 Å². The molecule has 1 heterocycles. The average molecular weight is 392 g/mol. The molecule has 0 amide bonds. The third kappa shape index (κ3) is 3.18. The van der Waals surface area contributed by atoms with E-state index in [4.69, 9.17) is 4.98 Å². The van der Waals surface area contributed by atoms with Crippen molar-refractivity contribution in [2.45, 2.75) is 0 Å². The normalized spacial score (nSPS) is 11.5. The minimum absolute atomic E-state index is 0.163. The summed E-state index contributed by atoms with van der Waals surface area (Å²) in [6.45, 7) is 0. The van der Waals surface area contributed by atoms with Crippen molar-refractivity contribution in [1.82, 2.24) is 9.55 Å². The molecule has 4 aromatic carbocycles. The maximum atomic E-state index is 14.1. The van der Waals surface area contributed by atoms with Crippen LogP contribution in [0.1, 0.15) is 11.4 Å². The first-order valence-electron chi connectivity index (χ1n) is 9.64. The first-order chi connectivity index (χ1) is 14.7. The van der Waals surface area contributed by atoms with E-state index in [0.717, 1.165) is 10.8 Å². The van der Waals surface area contributed by atoms with Crippen molar-refractivity contribution in [3.8, 4) is 5.69 Å². The van der Waals surface area contributed by atoms with Crippen molar-refractivity contribution in [3.05, 3.63) is 119 Å². The number of para-hydroxylation sites is 1. The molecular formula is C26H17FN2O. The Morgan fingerprint density at radius 3 is 2.37 bits per heavy atom. The summed E-state index contributed by atoms with van der Waals surface area (Å²) in [5.74, 6) is 0.117. The standard InChI is InChI=1S/C26H17FN2O/c27-23-11-5-3-8-19(23)14-16-25-28-24-12-6-4-10-22(24)26(30)29(25)21-15-13-18-7-1-2-9-20(18)17-21/h1-17H. The van der Waals surface area contributed by atoms with Crippen molar-refractivity contribution in [2.24, 2.45) is 0 Å². The molecule has 0 spiro atoms. The first kappa shape index (κ1) is 18.0. The van der Waals surface area contributed by atoms with Gasteiger partial charge in [0.2, 0.25) is 0 Å². The lowest BCUT2D eigenvalue weighted by Gasteiger charge is -2.12. The van der Waals surface area contributed by atoms with Crippen LogP contribution in [0.25, 0.3) is 39.5 Å².